The van der Waals surface area contributed by atoms with Gasteiger partial charge in [-0.05, 0) is 38.1 Å². The van der Waals surface area contributed by atoms with E-state index < -0.39 is 0 Å². The Morgan fingerprint density at radius 3 is 2.62 bits per heavy atom. The van der Waals surface area contributed by atoms with Crippen molar-refractivity contribution >= 4 is 11.2 Å². The lowest BCUT2D eigenvalue weighted by atomic mass is 10.1. The summed E-state index contributed by atoms with van der Waals surface area (Å²) in [6, 6.07) is 14.9. The largest absolute Gasteiger partial charge is 0.317 e. The molecule has 0 bridgehead atoms. The van der Waals surface area contributed by atoms with Crippen LogP contribution >= 0.6 is 0 Å². The predicted octanol–water partition coefficient (Wildman–Crippen LogP) is 3.02. The normalized spacial score (nSPS) is 16.4. The summed E-state index contributed by atoms with van der Waals surface area (Å²) in [5, 5.41) is 3.43. The Morgan fingerprint density at radius 2 is 1.81 bits per heavy atom. The van der Waals surface area contributed by atoms with Gasteiger partial charge in [0.05, 0.1) is 0 Å². The second kappa shape index (κ2) is 5.30. The van der Waals surface area contributed by atoms with Gasteiger partial charge in [-0.2, -0.15) is 0 Å². The van der Waals surface area contributed by atoms with E-state index in [1.165, 1.54) is 0 Å². The maximum absolute atomic E-state index is 4.84. The van der Waals surface area contributed by atoms with Gasteiger partial charge >= 0.3 is 0 Å². The molecule has 0 spiro atoms. The first-order chi connectivity index (χ1) is 10.4. The van der Waals surface area contributed by atoms with E-state index in [1.807, 2.05) is 24.4 Å². The van der Waals surface area contributed by atoms with Crippen LogP contribution in [0.5, 0.6) is 0 Å². The Labute approximate surface area is 123 Å². The number of rotatable bonds is 2. The summed E-state index contributed by atoms with van der Waals surface area (Å²) >= 11 is 0. The number of imidazole rings is 1. The van der Waals surface area contributed by atoms with Gasteiger partial charge in [-0.15, -0.1) is 0 Å². The lowest BCUT2D eigenvalue weighted by molar-refractivity contribution is 0.376. The minimum atomic E-state index is 0.473. The number of fused-ring (bicyclic) bond motifs is 1. The fraction of sp³-hybridized carbons (Fsp3) is 0.294. The molecule has 0 unspecified atom stereocenters. The van der Waals surface area contributed by atoms with Crippen LogP contribution in [-0.4, -0.2) is 27.6 Å². The molecule has 1 aliphatic heterocycles. The van der Waals surface area contributed by atoms with Gasteiger partial charge in [0.1, 0.15) is 11.3 Å². The standard InChI is InChI=1S/C17H18N4/c1-2-5-13(6-3-1)16-20-15-7-4-10-19-17(15)21(16)14-8-11-18-12-9-14/h1-7,10,14,18H,8-9,11-12H2. The first kappa shape index (κ1) is 12.5. The van der Waals surface area contributed by atoms with Crippen molar-refractivity contribution in [2.75, 3.05) is 13.1 Å². The maximum atomic E-state index is 4.84. The van der Waals surface area contributed by atoms with Gasteiger partial charge in [-0.1, -0.05) is 30.3 Å². The summed E-state index contributed by atoms with van der Waals surface area (Å²) in [5.74, 6) is 1.04. The van der Waals surface area contributed by atoms with E-state index >= 15 is 0 Å². The minimum Gasteiger partial charge on any atom is -0.317 e. The van der Waals surface area contributed by atoms with Crippen LogP contribution in [0.15, 0.2) is 48.7 Å². The fourth-order valence-corrected chi connectivity index (χ4v) is 3.13. The van der Waals surface area contributed by atoms with E-state index in [-0.39, 0.29) is 0 Å². The third kappa shape index (κ3) is 2.21. The highest BCUT2D eigenvalue weighted by molar-refractivity contribution is 5.77. The van der Waals surface area contributed by atoms with Gasteiger partial charge < -0.3 is 9.88 Å². The van der Waals surface area contributed by atoms with Crippen molar-refractivity contribution in [2.24, 2.45) is 0 Å². The van der Waals surface area contributed by atoms with Crippen LogP contribution in [0.3, 0.4) is 0 Å². The average Bonchev–Trinajstić information content (AvgIpc) is 2.96. The molecule has 2 aromatic heterocycles. The van der Waals surface area contributed by atoms with Gasteiger partial charge in [-0.25, -0.2) is 9.97 Å². The summed E-state index contributed by atoms with van der Waals surface area (Å²) in [6.07, 6.45) is 4.11. The quantitative estimate of drug-likeness (QED) is 0.783. The third-order valence-corrected chi connectivity index (χ3v) is 4.15. The second-order valence-electron chi connectivity index (χ2n) is 5.50. The van der Waals surface area contributed by atoms with E-state index in [1.54, 1.807) is 0 Å². The smallest absolute Gasteiger partial charge is 0.160 e. The first-order valence-corrected chi connectivity index (χ1v) is 7.52. The Morgan fingerprint density at radius 1 is 1.00 bits per heavy atom. The predicted molar refractivity (Wildman–Crippen MR) is 84.1 cm³/mol. The molecule has 4 rings (SSSR count). The van der Waals surface area contributed by atoms with Crippen LogP contribution in [0.2, 0.25) is 0 Å². The van der Waals surface area contributed by atoms with Crippen LogP contribution in [-0.2, 0) is 0 Å². The summed E-state index contributed by atoms with van der Waals surface area (Å²) < 4.78 is 2.34. The average molecular weight is 278 g/mol. The zero-order chi connectivity index (χ0) is 14.1. The maximum Gasteiger partial charge on any atom is 0.160 e. The van der Waals surface area contributed by atoms with Gasteiger partial charge in [0.25, 0.3) is 0 Å². The number of pyridine rings is 1. The summed E-state index contributed by atoms with van der Waals surface area (Å²) in [4.78, 5) is 9.42. The Balaban J connectivity index is 1.92. The van der Waals surface area contributed by atoms with Crippen molar-refractivity contribution in [3.05, 3.63) is 48.7 Å². The Kier molecular flexibility index (Phi) is 3.16. The number of benzene rings is 1. The molecule has 0 atom stereocenters. The minimum absolute atomic E-state index is 0.473. The molecule has 0 saturated carbocycles. The number of nitrogens with zero attached hydrogens (tertiary/aromatic N) is 3. The van der Waals surface area contributed by atoms with E-state index in [0.29, 0.717) is 6.04 Å². The summed E-state index contributed by atoms with van der Waals surface area (Å²) in [5.41, 5.74) is 3.15. The van der Waals surface area contributed by atoms with E-state index in [4.69, 9.17) is 4.98 Å². The second-order valence-corrected chi connectivity index (χ2v) is 5.50. The van der Waals surface area contributed by atoms with Gasteiger partial charge in [0.2, 0.25) is 0 Å². The molecule has 0 aliphatic carbocycles. The SMILES string of the molecule is c1ccc(-c2nc3cccnc3n2C2CCNCC2)cc1. The zero-order valence-electron chi connectivity index (χ0n) is 11.9. The van der Waals surface area contributed by atoms with Crippen molar-refractivity contribution in [2.45, 2.75) is 18.9 Å². The monoisotopic (exact) mass is 278 g/mol. The molecule has 3 aromatic rings. The van der Waals surface area contributed by atoms with Crippen LogP contribution in [0.1, 0.15) is 18.9 Å². The summed E-state index contributed by atoms with van der Waals surface area (Å²) in [6.45, 7) is 2.12. The molecule has 1 N–H and O–H groups in total. The lowest BCUT2D eigenvalue weighted by Crippen LogP contribution is -2.29. The topological polar surface area (TPSA) is 42.7 Å². The van der Waals surface area contributed by atoms with Crippen molar-refractivity contribution < 1.29 is 0 Å². The number of hydrogen-bond donors (Lipinski definition) is 1. The number of nitrogens with one attached hydrogen (secondary N) is 1. The van der Waals surface area contributed by atoms with Crippen LogP contribution in [0.25, 0.3) is 22.6 Å². The highest BCUT2D eigenvalue weighted by Crippen LogP contribution is 2.30. The molecular weight excluding hydrogens is 260 g/mol. The molecule has 1 fully saturated rings. The van der Waals surface area contributed by atoms with Gasteiger partial charge in [0, 0.05) is 17.8 Å². The molecule has 4 nitrogen and oxygen atoms in total. The third-order valence-electron chi connectivity index (χ3n) is 4.15. The molecule has 1 saturated heterocycles. The molecule has 4 heteroatoms. The first-order valence-electron chi connectivity index (χ1n) is 7.52. The highest BCUT2D eigenvalue weighted by atomic mass is 15.2. The van der Waals surface area contributed by atoms with E-state index in [2.05, 4.69) is 39.1 Å². The highest BCUT2D eigenvalue weighted by Gasteiger charge is 2.22. The van der Waals surface area contributed by atoms with Gasteiger partial charge in [-0.3, -0.25) is 0 Å². The molecule has 1 aliphatic rings. The Bertz CT molecular complexity index is 742. The molecular formula is C17H18N4. The molecule has 3 heterocycles. The van der Waals surface area contributed by atoms with Crippen LogP contribution in [0.4, 0.5) is 0 Å². The molecule has 0 amide bonds. The van der Waals surface area contributed by atoms with Crippen molar-refractivity contribution in [1.82, 2.24) is 19.9 Å². The number of aromatic nitrogens is 3. The van der Waals surface area contributed by atoms with Crippen LogP contribution < -0.4 is 5.32 Å². The van der Waals surface area contributed by atoms with Crippen molar-refractivity contribution in [3.8, 4) is 11.4 Å². The molecule has 1 aromatic carbocycles. The molecule has 106 valence electrons. The van der Waals surface area contributed by atoms with E-state index in [0.717, 1.165) is 48.5 Å². The van der Waals surface area contributed by atoms with Gasteiger partial charge in [0.15, 0.2) is 5.65 Å². The Hall–Kier alpha value is -2.20. The van der Waals surface area contributed by atoms with E-state index in [9.17, 15) is 0 Å². The van der Waals surface area contributed by atoms with Crippen LogP contribution in [0, 0.1) is 0 Å². The van der Waals surface area contributed by atoms with Crippen molar-refractivity contribution in [1.29, 1.82) is 0 Å². The fourth-order valence-electron chi connectivity index (χ4n) is 3.13. The van der Waals surface area contributed by atoms with Crippen molar-refractivity contribution in [3.63, 3.8) is 0 Å². The number of hydrogen-bond acceptors (Lipinski definition) is 3. The lowest BCUT2D eigenvalue weighted by Gasteiger charge is -2.25. The zero-order valence-corrected chi connectivity index (χ0v) is 11.9. The number of piperidine rings is 1. The summed E-state index contributed by atoms with van der Waals surface area (Å²) in [7, 11) is 0. The molecule has 21 heavy (non-hydrogen) atoms. The molecule has 0 radical (unpaired) electrons.